The molecule has 0 saturated carbocycles. The normalized spacial score (nSPS) is 10.1. The summed E-state index contributed by atoms with van der Waals surface area (Å²) in [5.41, 5.74) is 6.85. The minimum absolute atomic E-state index is 0.865. The van der Waals surface area contributed by atoms with Gasteiger partial charge in [-0.2, -0.15) is 0 Å². The van der Waals surface area contributed by atoms with Crippen LogP contribution in [0.5, 0.6) is 0 Å². The predicted molar refractivity (Wildman–Crippen MR) is 66.9 cm³/mol. The number of rotatable bonds is 3. The largest absolute Gasteiger partial charge is 0.324 e. The van der Waals surface area contributed by atoms with Crippen LogP contribution in [0.3, 0.4) is 0 Å². The Morgan fingerprint density at radius 1 is 1.19 bits per heavy atom. The molecule has 0 saturated heterocycles. The van der Waals surface area contributed by atoms with Crippen LogP contribution >= 0.6 is 0 Å². The fourth-order valence-corrected chi connectivity index (χ4v) is 1.59. The lowest BCUT2D eigenvalue weighted by Crippen LogP contribution is -2.06. The van der Waals surface area contributed by atoms with Gasteiger partial charge in [0.05, 0.1) is 11.4 Å². The number of anilines is 1. The number of aryl methyl sites for hydroxylation is 1. The van der Waals surface area contributed by atoms with Crippen molar-refractivity contribution >= 4 is 5.69 Å². The van der Waals surface area contributed by atoms with Crippen molar-refractivity contribution in [3.63, 3.8) is 0 Å². The van der Waals surface area contributed by atoms with E-state index >= 15 is 0 Å². The van der Waals surface area contributed by atoms with Gasteiger partial charge in [0.1, 0.15) is 0 Å². The van der Waals surface area contributed by atoms with E-state index in [1.54, 1.807) is 6.20 Å². The summed E-state index contributed by atoms with van der Waals surface area (Å²) in [4.78, 5) is 4.32. The Bertz CT molecular complexity index is 463. The Morgan fingerprint density at radius 2 is 1.94 bits per heavy atom. The van der Waals surface area contributed by atoms with E-state index in [9.17, 15) is 0 Å². The molecule has 2 rings (SSSR count). The van der Waals surface area contributed by atoms with E-state index in [0.29, 0.717) is 0 Å². The average Bonchev–Trinajstić information content (AvgIpc) is 2.39. The van der Waals surface area contributed by atoms with E-state index < -0.39 is 0 Å². The minimum atomic E-state index is 0.865. The van der Waals surface area contributed by atoms with Crippen LogP contribution in [0.1, 0.15) is 12.5 Å². The van der Waals surface area contributed by atoms with Gasteiger partial charge in [0, 0.05) is 11.8 Å². The number of hydrogen-bond donors (Lipinski definition) is 2. The quantitative estimate of drug-likeness (QED) is 0.608. The molecule has 0 aliphatic heterocycles. The van der Waals surface area contributed by atoms with Gasteiger partial charge in [0.25, 0.3) is 0 Å². The van der Waals surface area contributed by atoms with E-state index in [-0.39, 0.29) is 0 Å². The van der Waals surface area contributed by atoms with Crippen LogP contribution in [0.25, 0.3) is 11.3 Å². The molecule has 1 aromatic heterocycles. The molecule has 0 aliphatic carbocycles. The standard InChI is InChI=1S/C13H15N3/c1-2-10-3-5-11(6-4-10)13-9-12(16-14)7-8-15-13/h3-9H,2,14H2,1H3,(H,15,16). The lowest BCUT2D eigenvalue weighted by Gasteiger charge is -2.04. The van der Waals surface area contributed by atoms with E-state index in [4.69, 9.17) is 5.84 Å². The van der Waals surface area contributed by atoms with E-state index in [0.717, 1.165) is 23.4 Å². The van der Waals surface area contributed by atoms with Gasteiger partial charge in [-0.3, -0.25) is 10.8 Å². The van der Waals surface area contributed by atoms with Crippen LogP contribution in [0.4, 0.5) is 5.69 Å². The number of pyridine rings is 1. The van der Waals surface area contributed by atoms with Crippen molar-refractivity contribution in [3.05, 3.63) is 48.2 Å². The maximum Gasteiger partial charge on any atom is 0.0723 e. The molecule has 1 heterocycles. The summed E-state index contributed by atoms with van der Waals surface area (Å²) in [5.74, 6) is 5.36. The lowest BCUT2D eigenvalue weighted by atomic mass is 10.1. The van der Waals surface area contributed by atoms with E-state index in [2.05, 4.69) is 41.6 Å². The number of nitrogens with one attached hydrogen (secondary N) is 1. The Balaban J connectivity index is 2.34. The Hall–Kier alpha value is -1.87. The Kier molecular flexibility index (Phi) is 3.17. The van der Waals surface area contributed by atoms with E-state index in [1.807, 2.05) is 12.1 Å². The molecule has 0 spiro atoms. The van der Waals surface area contributed by atoms with Crippen molar-refractivity contribution in [2.24, 2.45) is 5.84 Å². The summed E-state index contributed by atoms with van der Waals surface area (Å²) in [6, 6.07) is 12.2. The zero-order chi connectivity index (χ0) is 11.4. The van der Waals surface area contributed by atoms with Crippen molar-refractivity contribution in [1.29, 1.82) is 0 Å². The smallest absolute Gasteiger partial charge is 0.0723 e. The second kappa shape index (κ2) is 4.77. The number of aromatic nitrogens is 1. The fourth-order valence-electron chi connectivity index (χ4n) is 1.59. The van der Waals surface area contributed by atoms with Crippen LogP contribution in [0.15, 0.2) is 42.6 Å². The first-order valence-corrected chi connectivity index (χ1v) is 5.35. The molecule has 2 aromatic rings. The monoisotopic (exact) mass is 213 g/mol. The van der Waals surface area contributed by atoms with Gasteiger partial charge in [-0.25, -0.2) is 0 Å². The third kappa shape index (κ3) is 2.20. The molecular weight excluding hydrogens is 198 g/mol. The summed E-state index contributed by atoms with van der Waals surface area (Å²) < 4.78 is 0. The van der Waals surface area contributed by atoms with Crippen LogP contribution in [-0.4, -0.2) is 4.98 Å². The van der Waals surface area contributed by atoms with Crippen molar-refractivity contribution in [2.75, 3.05) is 5.43 Å². The Labute approximate surface area is 95.3 Å². The number of hydrazine groups is 1. The molecular formula is C13H15N3. The summed E-state index contributed by atoms with van der Waals surface area (Å²) >= 11 is 0. The maximum atomic E-state index is 5.36. The van der Waals surface area contributed by atoms with Gasteiger partial charge >= 0.3 is 0 Å². The molecule has 0 bridgehead atoms. The third-order valence-corrected chi connectivity index (χ3v) is 2.58. The van der Waals surface area contributed by atoms with Crippen molar-refractivity contribution < 1.29 is 0 Å². The second-order valence-electron chi connectivity index (χ2n) is 3.62. The maximum absolute atomic E-state index is 5.36. The molecule has 0 aliphatic rings. The van der Waals surface area contributed by atoms with Gasteiger partial charge in [-0.15, -0.1) is 0 Å². The number of nitrogens with two attached hydrogens (primary N) is 1. The summed E-state index contributed by atoms with van der Waals surface area (Å²) in [6.45, 7) is 2.15. The number of hydrogen-bond acceptors (Lipinski definition) is 3. The number of nitrogens with zero attached hydrogens (tertiary/aromatic N) is 1. The highest BCUT2D eigenvalue weighted by Crippen LogP contribution is 2.20. The summed E-state index contributed by atoms with van der Waals surface area (Å²) in [7, 11) is 0. The third-order valence-electron chi connectivity index (χ3n) is 2.58. The van der Waals surface area contributed by atoms with Crippen LogP contribution in [0, 0.1) is 0 Å². The first-order valence-electron chi connectivity index (χ1n) is 5.35. The van der Waals surface area contributed by atoms with Gasteiger partial charge < -0.3 is 5.43 Å². The number of nitrogen functional groups attached to an aromatic ring is 1. The molecule has 3 nitrogen and oxygen atoms in total. The zero-order valence-electron chi connectivity index (χ0n) is 9.27. The van der Waals surface area contributed by atoms with Gasteiger partial charge in [0.2, 0.25) is 0 Å². The van der Waals surface area contributed by atoms with Crippen LogP contribution in [0.2, 0.25) is 0 Å². The topological polar surface area (TPSA) is 50.9 Å². The highest BCUT2D eigenvalue weighted by atomic mass is 15.2. The van der Waals surface area contributed by atoms with Gasteiger partial charge in [-0.05, 0) is 24.1 Å². The lowest BCUT2D eigenvalue weighted by molar-refractivity contribution is 1.14. The number of benzene rings is 1. The summed E-state index contributed by atoms with van der Waals surface area (Å²) in [5, 5.41) is 0. The first kappa shape index (κ1) is 10.6. The van der Waals surface area contributed by atoms with Crippen molar-refractivity contribution in [1.82, 2.24) is 4.98 Å². The van der Waals surface area contributed by atoms with Crippen molar-refractivity contribution in [3.8, 4) is 11.3 Å². The van der Waals surface area contributed by atoms with Crippen LogP contribution < -0.4 is 11.3 Å². The highest BCUT2D eigenvalue weighted by molar-refractivity contribution is 5.63. The molecule has 1 aromatic carbocycles. The van der Waals surface area contributed by atoms with Gasteiger partial charge in [0.15, 0.2) is 0 Å². The second-order valence-corrected chi connectivity index (χ2v) is 3.62. The highest BCUT2D eigenvalue weighted by Gasteiger charge is 2.00. The Morgan fingerprint density at radius 3 is 2.56 bits per heavy atom. The molecule has 0 fully saturated rings. The van der Waals surface area contributed by atoms with Crippen molar-refractivity contribution in [2.45, 2.75) is 13.3 Å². The molecule has 3 N–H and O–H groups in total. The molecule has 16 heavy (non-hydrogen) atoms. The fraction of sp³-hybridized carbons (Fsp3) is 0.154. The molecule has 0 unspecified atom stereocenters. The molecule has 0 amide bonds. The van der Waals surface area contributed by atoms with Gasteiger partial charge in [-0.1, -0.05) is 31.2 Å². The zero-order valence-corrected chi connectivity index (χ0v) is 9.27. The molecule has 0 radical (unpaired) electrons. The molecule has 3 heteroatoms. The molecule has 82 valence electrons. The average molecular weight is 213 g/mol. The SMILES string of the molecule is CCc1ccc(-c2cc(NN)ccn2)cc1. The molecule has 0 atom stereocenters. The van der Waals surface area contributed by atoms with Crippen LogP contribution in [-0.2, 0) is 6.42 Å². The predicted octanol–water partition coefficient (Wildman–Crippen LogP) is 2.60. The summed E-state index contributed by atoms with van der Waals surface area (Å²) in [6.07, 6.45) is 2.80. The minimum Gasteiger partial charge on any atom is -0.324 e. The van der Waals surface area contributed by atoms with E-state index in [1.165, 1.54) is 5.56 Å². The first-order chi connectivity index (χ1) is 7.83.